The lowest BCUT2D eigenvalue weighted by molar-refractivity contribution is -0.129. The SMILES string of the molecule is CCc1cc(=O)[nH]c(-c2ccc(N3CCC[C@H]3C(=O)N(C)C)nc2)n1. The number of nitrogens with one attached hydrogen (secondary N) is 1. The molecule has 0 spiro atoms. The zero-order valence-corrected chi connectivity index (χ0v) is 14.8. The van der Waals surface area contributed by atoms with E-state index in [2.05, 4.69) is 15.0 Å². The van der Waals surface area contributed by atoms with Gasteiger partial charge < -0.3 is 14.8 Å². The van der Waals surface area contributed by atoms with Crippen LogP contribution >= 0.6 is 0 Å². The summed E-state index contributed by atoms with van der Waals surface area (Å²) < 4.78 is 0. The van der Waals surface area contributed by atoms with Gasteiger partial charge in [-0.15, -0.1) is 0 Å². The van der Waals surface area contributed by atoms with Crippen LogP contribution in [0.2, 0.25) is 0 Å². The summed E-state index contributed by atoms with van der Waals surface area (Å²) in [4.78, 5) is 39.4. The molecule has 0 radical (unpaired) electrons. The normalized spacial score (nSPS) is 16.9. The number of carbonyl (C=O) groups is 1. The smallest absolute Gasteiger partial charge is 0.251 e. The van der Waals surface area contributed by atoms with Crippen molar-refractivity contribution in [3.05, 3.63) is 40.4 Å². The van der Waals surface area contributed by atoms with Gasteiger partial charge in [0.15, 0.2) is 0 Å². The lowest BCUT2D eigenvalue weighted by Gasteiger charge is -2.27. The number of H-pyrrole nitrogens is 1. The zero-order chi connectivity index (χ0) is 18.0. The Morgan fingerprint density at radius 1 is 1.40 bits per heavy atom. The van der Waals surface area contributed by atoms with Crippen LogP contribution in [0.25, 0.3) is 11.4 Å². The maximum Gasteiger partial charge on any atom is 0.251 e. The average molecular weight is 341 g/mol. The van der Waals surface area contributed by atoms with E-state index >= 15 is 0 Å². The van der Waals surface area contributed by atoms with Crippen molar-refractivity contribution in [3.63, 3.8) is 0 Å². The number of pyridine rings is 1. The number of aromatic amines is 1. The standard InChI is InChI=1S/C18H23N5O2/c1-4-13-10-16(24)21-17(20-13)12-7-8-15(19-11-12)23-9-5-6-14(23)18(25)22(2)3/h7-8,10-11,14H,4-6,9H2,1-3H3,(H,20,21,24)/t14-/m0/s1. The molecule has 1 atom stereocenters. The maximum atomic E-state index is 12.3. The van der Waals surface area contributed by atoms with E-state index in [1.54, 1.807) is 25.2 Å². The van der Waals surface area contributed by atoms with Gasteiger partial charge in [0.2, 0.25) is 5.91 Å². The van der Waals surface area contributed by atoms with Gasteiger partial charge >= 0.3 is 0 Å². The fraction of sp³-hybridized carbons (Fsp3) is 0.444. The summed E-state index contributed by atoms with van der Waals surface area (Å²) in [6, 6.07) is 5.12. The van der Waals surface area contributed by atoms with Gasteiger partial charge in [-0.1, -0.05) is 6.92 Å². The van der Waals surface area contributed by atoms with E-state index in [4.69, 9.17) is 0 Å². The van der Waals surface area contributed by atoms with Gasteiger partial charge in [-0.25, -0.2) is 9.97 Å². The molecule has 1 N–H and O–H groups in total. The molecule has 2 aromatic heterocycles. The Kier molecular flexibility index (Phi) is 4.83. The first kappa shape index (κ1) is 17.1. The molecule has 0 aliphatic carbocycles. The molecule has 2 aromatic rings. The topological polar surface area (TPSA) is 82.2 Å². The zero-order valence-electron chi connectivity index (χ0n) is 14.8. The molecule has 0 saturated carbocycles. The average Bonchev–Trinajstić information content (AvgIpc) is 3.10. The first-order valence-electron chi connectivity index (χ1n) is 8.54. The Morgan fingerprint density at radius 3 is 2.84 bits per heavy atom. The third kappa shape index (κ3) is 3.55. The molecular weight excluding hydrogens is 318 g/mol. The van der Waals surface area contributed by atoms with Crippen molar-refractivity contribution in [1.82, 2.24) is 19.9 Å². The molecule has 0 bridgehead atoms. The largest absolute Gasteiger partial charge is 0.347 e. The fourth-order valence-electron chi connectivity index (χ4n) is 3.12. The number of aryl methyl sites for hydroxylation is 1. The second-order valence-electron chi connectivity index (χ2n) is 6.43. The number of hydrogen-bond acceptors (Lipinski definition) is 5. The number of likely N-dealkylation sites (N-methyl/N-ethyl adjacent to an activating group) is 1. The minimum atomic E-state index is -0.165. The van der Waals surface area contributed by atoms with Crippen LogP contribution < -0.4 is 10.5 Å². The van der Waals surface area contributed by atoms with Crippen molar-refractivity contribution in [2.75, 3.05) is 25.5 Å². The number of amides is 1. The van der Waals surface area contributed by atoms with E-state index in [0.29, 0.717) is 12.2 Å². The molecule has 7 heteroatoms. The Morgan fingerprint density at radius 2 is 2.20 bits per heavy atom. The predicted octanol–water partition coefficient (Wildman–Crippen LogP) is 1.45. The fourth-order valence-corrected chi connectivity index (χ4v) is 3.12. The Bertz CT molecular complexity index is 813. The van der Waals surface area contributed by atoms with Crippen molar-refractivity contribution in [1.29, 1.82) is 0 Å². The van der Waals surface area contributed by atoms with Crippen LogP contribution in [0.3, 0.4) is 0 Å². The first-order chi connectivity index (χ1) is 12.0. The summed E-state index contributed by atoms with van der Waals surface area (Å²) in [5.74, 6) is 1.39. The van der Waals surface area contributed by atoms with Gasteiger partial charge in [-0.2, -0.15) is 0 Å². The second kappa shape index (κ2) is 7.04. The van der Waals surface area contributed by atoms with Gasteiger partial charge in [0.1, 0.15) is 17.7 Å². The van der Waals surface area contributed by atoms with Crippen LogP contribution in [0.4, 0.5) is 5.82 Å². The quantitative estimate of drug-likeness (QED) is 0.910. The molecule has 132 valence electrons. The lowest BCUT2D eigenvalue weighted by Crippen LogP contribution is -2.43. The van der Waals surface area contributed by atoms with Gasteiger partial charge in [-0.3, -0.25) is 9.59 Å². The van der Waals surface area contributed by atoms with Crippen LogP contribution in [0.5, 0.6) is 0 Å². The van der Waals surface area contributed by atoms with E-state index < -0.39 is 0 Å². The first-order valence-corrected chi connectivity index (χ1v) is 8.54. The second-order valence-corrected chi connectivity index (χ2v) is 6.43. The van der Waals surface area contributed by atoms with E-state index in [9.17, 15) is 9.59 Å². The molecule has 1 aliphatic heterocycles. The number of rotatable bonds is 4. The van der Waals surface area contributed by atoms with Crippen LogP contribution in [-0.2, 0) is 11.2 Å². The summed E-state index contributed by atoms with van der Waals surface area (Å²) in [6.45, 7) is 2.78. The maximum absolute atomic E-state index is 12.3. The van der Waals surface area contributed by atoms with Crippen LogP contribution in [0.1, 0.15) is 25.5 Å². The van der Waals surface area contributed by atoms with E-state index in [1.807, 2.05) is 24.0 Å². The summed E-state index contributed by atoms with van der Waals surface area (Å²) in [5.41, 5.74) is 1.34. The summed E-state index contributed by atoms with van der Waals surface area (Å²) in [5, 5.41) is 0. The molecule has 1 amide bonds. The summed E-state index contributed by atoms with van der Waals surface area (Å²) >= 11 is 0. The molecule has 25 heavy (non-hydrogen) atoms. The van der Waals surface area contributed by atoms with Gasteiger partial charge in [0, 0.05) is 44.2 Å². The Balaban J connectivity index is 1.86. The molecular formula is C18H23N5O2. The van der Waals surface area contributed by atoms with Gasteiger partial charge in [0.25, 0.3) is 5.56 Å². The third-order valence-electron chi connectivity index (χ3n) is 4.45. The van der Waals surface area contributed by atoms with Crippen molar-refractivity contribution in [2.45, 2.75) is 32.2 Å². The van der Waals surface area contributed by atoms with E-state index in [1.165, 1.54) is 6.07 Å². The third-order valence-corrected chi connectivity index (χ3v) is 4.45. The number of anilines is 1. The lowest BCUT2D eigenvalue weighted by atomic mass is 10.2. The highest BCUT2D eigenvalue weighted by atomic mass is 16.2. The highest BCUT2D eigenvalue weighted by molar-refractivity contribution is 5.85. The van der Waals surface area contributed by atoms with Crippen LogP contribution in [0, 0.1) is 0 Å². The van der Waals surface area contributed by atoms with Crippen molar-refractivity contribution in [2.24, 2.45) is 0 Å². The minimum absolute atomic E-state index is 0.102. The van der Waals surface area contributed by atoms with Gasteiger partial charge in [-0.05, 0) is 31.4 Å². The van der Waals surface area contributed by atoms with Crippen LogP contribution in [0.15, 0.2) is 29.2 Å². The molecule has 0 unspecified atom stereocenters. The van der Waals surface area contributed by atoms with Crippen molar-refractivity contribution < 1.29 is 4.79 Å². The molecule has 1 saturated heterocycles. The molecule has 3 rings (SSSR count). The van der Waals surface area contributed by atoms with Crippen LogP contribution in [-0.4, -0.2) is 52.4 Å². The molecule has 7 nitrogen and oxygen atoms in total. The number of hydrogen-bond donors (Lipinski definition) is 1. The van der Waals surface area contributed by atoms with Crippen molar-refractivity contribution >= 4 is 11.7 Å². The Labute approximate surface area is 146 Å². The number of nitrogens with zero attached hydrogens (tertiary/aromatic N) is 4. The number of carbonyl (C=O) groups excluding carboxylic acids is 1. The molecule has 1 aliphatic rings. The monoisotopic (exact) mass is 341 g/mol. The Hall–Kier alpha value is -2.70. The molecule has 3 heterocycles. The summed E-state index contributed by atoms with van der Waals surface area (Å²) in [7, 11) is 3.55. The highest BCUT2D eigenvalue weighted by Gasteiger charge is 2.32. The van der Waals surface area contributed by atoms with E-state index in [-0.39, 0.29) is 17.5 Å². The highest BCUT2D eigenvalue weighted by Crippen LogP contribution is 2.26. The van der Waals surface area contributed by atoms with E-state index in [0.717, 1.165) is 36.5 Å². The molecule has 1 fully saturated rings. The van der Waals surface area contributed by atoms with Gasteiger partial charge in [0.05, 0.1) is 0 Å². The minimum Gasteiger partial charge on any atom is -0.347 e. The number of aromatic nitrogens is 3. The molecule has 0 aromatic carbocycles. The predicted molar refractivity (Wildman–Crippen MR) is 96.5 cm³/mol. The summed E-state index contributed by atoms with van der Waals surface area (Å²) in [6.07, 6.45) is 4.21. The van der Waals surface area contributed by atoms with Crippen molar-refractivity contribution in [3.8, 4) is 11.4 Å².